The molecule has 4 heterocycles. The van der Waals surface area contributed by atoms with E-state index in [-0.39, 0.29) is 29.6 Å². The van der Waals surface area contributed by atoms with Crippen molar-refractivity contribution < 1.29 is 14.7 Å². The van der Waals surface area contributed by atoms with Crippen molar-refractivity contribution in [3.63, 3.8) is 0 Å². The van der Waals surface area contributed by atoms with Crippen LogP contribution in [0.1, 0.15) is 62.3 Å². The van der Waals surface area contributed by atoms with Crippen LogP contribution >= 0.6 is 0 Å². The first-order valence-corrected chi connectivity index (χ1v) is 13.8. The summed E-state index contributed by atoms with van der Waals surface area (Å²) < 4.78 is 0. The molecule has 6 rings (SSSR count). The maximum Gasteiger partial charge on any atom is 0.233 e. The summed E-state index contributed by atoms with van der Waals surface area (Å²) in [6.45, 7) is 8.19. The summed E-state index contributed by atoms with van der Waals surface area (Å²) in [7, 11) is 0. The van der Waals surface area contributed by atoms with Gasteiger partial charge in [-0.2, -0.15) is 0 Å². The van der Waals surface area contributed by atoms with Gasteiger partial charge in [0.1, 0.15) is 5.41 Å². The normalized spacial score (nSPS) is 34.3. The third-order valence-electron chi connectivity index (χ3n) is 9.58. The molecule has 7 atom stereocenters. The van der Waals surface area contributed by atoms with Crippen molar-refractivity contribution in [2.75, 3.05) is 0 Å². The first kappa shape index (κ1) is 24.9. The highest BCUT2D eigenvalue weighted by Gasteiger charge is 2.64. The number of ketones is 1. The van der Waals surface area contributed by atoms with Crippen molar-refractivity contribution in [1.82, 2.24) is 15.3 Å². The summed E-state index contributed by atoms with van der Waals surface area (Å²) in [6.07, 6.45) is 7.71. The number of aromatic nitrogens is 2. The molecular weight excluding hydrogens is 474 g/mol. The van der Waals surface area contributed by atoms with E-state index in [1.54, 1.807) is 0 Å². The summed E-state index contributed by atoms with van der Waals surface area (Å²) in [5.41, 5.74) is 4.42. The Labute approximate surface area is 223 Å². The number of rotatable bonds is 2. The molecule has 198 valence electrons. The maximum atomic E-state index is 14.3. The van der Waals surface area contributed by atoms with Crippen molar-refractivity contribution >= 4 is 22.6 Å². The third-order valence-corrected chi connectivity index (χ3v) is 9.58. The molecule has 6 heteroatoms. The SMILES string of the molecule is CC1=C(C)[C@H]2[C@H](Cc3c[nH]c4ccccc34)NC(=O)[C@]23c2ccc([nH]2)C(=O)[C@H](C)C[C@@H](C)C/C=C/[C@H]3[C@@H]1O. The van der Waals surface area contributed by atoms with Crippen LogP contribution in [0.15, 0.2) is 65.9 Å². The zero-order valence-electron chi connectivity index (χ0n) is 22.5. The Hall–Kier alpha value is -3.38. The van der Waals surface area contributed by atoms with Crippen molar-refractivity contribution in [3.05, 3.63) is 82.8 Å². The predicted octanol–water partition coefficient (Wildman–Crippen LogP) is 5.22. The first-order valence-electron chi connectivity index (χ1n) is 13.8. The highest BCUT2D eigenvalue weighted by molar-refractivity contribution is 5.98. The molecule has 1 spiro atoms. The van der Waals surface area contributed by atoms with Crippen LogP contribution < -0.4 is 5.32 Å². The molecule has 1 saturated heterocycles. The topological polar surface area (TPSA) is 98.0 Å². The standard InChI is InChI=1S/C32H37N3O3/c1-17-8-7-10-23-30(37)20(4)19(3)28-26(15-21-16-33-24-11-6-5-9-22(21)24)35-31(38)32(23,28)27-13-12-25(34-27)29(36)18(2)14-17/h5-7,9-13,16-18,23,26,28,30,33-34,37H,8,14-15H2,1-4H3,(H,35,38)/b10-7+/t17-,18+,23-,26-,28-,30+,32+/m0/s1. The molecule has 2 aliphatic heterocycles. The Morgan fingerprint density at radius 1 is 1.05 bits per heavy atom. The van der Waals surface area contributed by atoms with Gasteiger partial charge in [0.05, 0.1) is 11.8 Å². The van der Waals surface area contributed by atoms with Gasteiger partial charge in [0.25, 0.3) is 0 Å². The van der Waals surface area contributed by atoms with Crippen LogP contribution in [0.4, 0.5) is 0 Å². The number of nitrogens with one attached hydrogen (secondary N) is 3. The number of amides is 1. The van der Waals surface area contributed by atoms with Gasteiger partial charge in [-0.25, -0.2) is 0 Å². The van der Waals surface area contributed by atoms with Crippen LogP contribution in [0.5, 0.6) is 0 Å². The van der Waals surface area contributed by atoms with E-state index in [1.165, 1.54) is 0 Å². The molecule has 0 radical (unpaired) electrons. The van der Waals surface area contributed by atoms with Gasteiger partial charge in [-0.1, -0.05) is 49.8 Å². The number of allylic oxidation sites excluding steroid dienone is 1. The van der Waals surface area contributed by atoms with E-state index in [2.05, 4.69) is 53.4 Å². The lowest BCUT2D eigenvalue weighted by molar-refractivity contribution is -0.127. The number of Topliss-reactive ketones (excluding diaryl/α,β-unsaturated/α-hetero) is 1. The Morgan fingerprint density at radius 2 is 1.84 bits per heavy atom. The second-order valence-electron chi connectivity index (χ2n) is 11.9. The number of carbonyl (C=O) groups is 2. The average molecular weight is 512 g/mol. The quantitative estimate of drug-likeness (QED) is 0.355. The van der Waals surface area contributed by atoms with Crippen molar-refractivity contribution in [2.45, 2.75) is 64.5 Å². The minimum atomic E-state index is -1.04. The number of H-pyrrole nitrogens is 2. The van der Waals surface area contributed by atoms with E-state index in [9.17, 15) is 14.7 Å². The Balaban J connectivity index is 1.53. The molecule has 1 aromatic carbocycles. The summed E-state index contributed by atoms with van der Waals surface area (Å²) in [5, 5.41) is 16.2. The Kier molecular flexibility index (Phi) is 5.98. The van der Waals surface area contributed by atoms with Crippen LogP contribution in [0.2, 0.25) is 0 Å². The van der Waals surface area contributed by atoms with Crippen molar-refractivity contribution in [1.29, 1.82) is 0 Å². The second kappa shape index (κ2) is 9.12. The molecule has 4 N–H and O–H groups in total. The number of aliphatic hydroxyl groups excluding tert-OH is 1. The van der Waals surface area contributed by atoms with Crippen LogP contribution in [0.3, 0.4) is 0 Å². The fourth-order valence-electron chi connectivity index (χ4n) is 7.57. The fourth-order valence-corrected chi connectivity index (χ4v) is 7.57. The lowest BCUT2D eigenvalue weighted by Crippen LogP contribution is -2.54. The number of fused-ring (bicyclic) bond motifs is 3. The average Bonchev–Trinajstić information content (AvgIpc) is 3.61. The van der Waals surface area contributed by atoms with E-state index in [4.69, 9.17) is 0 Å². The predicted molar refractivity (Wildman–Crippen MR) is 149 cm³/mol. The molecule has 0 saturated carbocycles. The number of hydrogen-bond donors (Lipinski definition) is 4. The minimum Gasteiger partial charge on any atom is -0.388 e. The number of benzene rings is 1. The van der Waals surface area contributed by atoms with Crippen LogP contribution in [0.25, 0.3) is 10.9 Å². The van der Waals surface area contributed by atoms with E-state index < -0.39 is 17.4 Å². The van der Waals surface area contributed by atoms with E-state index in [0.717, 1.165) is 40.5 Å². The number of aliphatic hydroxyl groups is 1. The van der Waals surface area contributed by atoms with Gasteiger partial charge in [-0.3, -0.25) is 9.59 Å². The van der Waals surface area contributed by atoms with Crippen molar-refractivity contribution in [3.8, 4) is 0 Å². The lowest BCUT2D eigenvalue weighted by Gasteiger charge is -2.46. The van der Waals surface area contributed by atoms with Gasteiger partial charge < -0.3 is 20.4 Å². The Bertz CT molecular complexity index is 1480. The molecule has 1 aliphatic carbocycles. The zero-order valence-corrected chi connectivity index (χ0v) is 22.5. The fraction of sp³-hybridized carbons (Fsp3) is 0.438. The largest absolute Gasteiger partial charge is 0.388 e. The smallest absolute Gasteiger partial charge is 0.233 e. The molecule has 3 aliphatic rings. The van der Waals surface area contributed by atoms with E-state index >= 15 is 0 Å². The molecule has 1 amide bonds. The van der Waals surface area contributed by atoms with Crippen LogP contribution in [-0.4, -0.2) is 38.9 Å². The first-order chi connectivity index (χ1) is 18.2. The number of aromatic amines is 2. The van der Waals surface area contributed by atoms with Gasteiger partial charge in [-0.05, 0) is 68.4 Å². The molecular formula is C32H37N3O3. The summed E-state index contributed by atoms with van der Waals surface area (Å²) in [6, 6.07) is 11.8. The maximum absolute atomic E-state index is 14.3. The third kappa shape index (κ3) is 3.57. The van der Waals surface area contributed by atoms with E-state index in [1.807, 2.05) is 44.3 Å². The van der Waals surface area contributed by atoms with Crippen LogP contribution in [0, 0.1) is 23.7 Å². The van der Waals surface area contributed by atoms with Gasteiger partial charge in [0, 0.05) is 46.6 Å². The molecule has 38 heavy (non-hydrogen) atoms. The number of para-hydroxylation sites is 1. The summed E-state index contributed by atoms with van der Waals surface area (Å²) in [4.78, 5) is 34.4. The molecule has 6 nitrogen and oxygen atoms in total. The zero-order chi connectivity index (χ0) is 26.8. The molecule has 2 bridgehead atoms. The van der Waals surface area contributed by atoms with Gasteiger partial charge >= 0.3 is 0 Å². The Morgan fingerprint density at radius 3 is 2.66 bits per heavy atom. The second-order valence-corrected chi connectivity index (χ2v) is 11.9. The molecule has 3 aromatic rings. The monoisotopic (exact) mass is 511 g/mol. The van der Waals surface area contributed by atoms with Gasteiger partial charge in [0.15, 0.2) is 5.78 Å². The minimum absolute atomic E-state index is 0.0747. The lowest BCUT2D eigenvalue weighted by atomic mass is 9.55. The van der Waals surface area contributed by atoms with Gasteiger partial charge in [-0.15, -0.1) is 0 Å². The summed E-state index contributed by atoms with van der Waals surface area (Å²) >= 11 is 0. The molecule has 0 unspecified atom stereocenters. The highest BCUT2D eigenvalue weighted by atomic mass is 16.3. The van der Waals surface area contributed by atoms with Crippen LogP contribution in [-0.2, 0) is 16.6 Å². The number of carbonyl (C=O) groups excluding carboxylic acids is 2. The molecule has 1 fully saturated rings. The molecule has 2 aromatic heterocycles. The highest BCUT2D eigenvalue weighted by Crippen LogP contribution is 2.55. The van der Waals surface area contributed by atoms with Crippen molar-refractivity contribution in [2.24, 2.45) is 23.7 Å². The van der Waals surface area contributed by atoms with E-state index in [0.29, 0.717) is 23.7 Å². The summed E-state index contributed by atoms with van der Waals surface area (Å²) in [5.74, 6) is -0.438. The number of hydrogen-bond acceptors (Lipinski definition) is 3. The van der Waals surface area contributed by atoms with Gasteiger partial charge in [0.2, 0.25) is 5.91 Å².